The molecule has 5 heteroatoms. The summed E-state index contributed by atoms with van der Waals surface area (Å²) < 4.78 is 0. The van der Waals surface area contributed by atoms with Crippen LogP contribution in [0.2, 0.25) is 0 Å². The molecule has 2 fully saturated rings. The molecule has 1 amide bonds. The van der Waals surface area contributed by atoms with Gasteiger partial charge in [-0.2, -0.15) is 10.5 Å². The lowest BCUT2D eigenvalue weighted by Crippen LogP contribution is -2.57. The fourth-order valence-electron chi connectivity index (χ4n) is 3.21. The van der Waals surface area contributed by atoms with Gasteiger partial charge in [0.1, 0.15) is 11.8 Å². The summed E-state index contributed by atoms with van der Waals surface area (Å²) >= 11 is 5.12. The Morgan fingerprint density at radius 2 is 1.83 bits per heavy atom. The first kappa shape index (κ1) is 13.0. The average Bonchev–Trinajstić information content (AvgIpc) is 2.33. The van der Waals surface area contributed by atoms with Crippen LogP contribution < -0.4 is 5.32 Å². The SMILES string of the molecule is CC1CCC2(CC1)C(C#N)C(=O)NC(=S)C2C#N. The van der Waals surface area contributed by atoms with Gasteiger partial charge in [0.25, 0.3) is 0 Å². The standard InChI is InChI=1S/C13H15N3OS/c1-8-2-4-13(5-3-8)9(6-14)11(17)16-12(18)10(13)7-15/h8-10H,2-5H2,1H3,(H,16,17,18). The molecule has 0 radical (unpaired) electrons. The van der Waals surface area contributed by atoms with E-state index in [1.807, 2.05) is 0 Å². The van der Waals surface area contributed by atoms with Gasteiger partial charge in [-0.15, -0.1) is 0 Å². The van der Waals surface area contributed by atoms with E-state index in [9.17, 15) is 15.3 Å². The van der Waals surface area contributed by atoms with Gasteiger partial charge in [-0.3, -0.25) is 4.79 Å². The molecule has 2 unspecified atom stereocenters. The Morgan fingerprint density at radius 1 is 1.28 bits per heavy atom. The van der Waals surface area contributed by atoms with Crippen molar-refractivity contribution in [1.82, 2.24) is 5.32 Å². The van der Waals surface area contributed by atoms with Crippen molar-refractivity contribution in [3.05, 3.63) is 0 Å². The van der Waals surface area contributed by atoms with Crippen LogP contribution in [0.3, 0.4) is 0 Å². The summed E-state index contributed by atoms with van der Waals surface area (Å²) in [6.45, 7) is 2.16. The molecule has 18 heavy (non-hydrogen) atoms. The van der Waals surface area contributed by atoms with Crippen LogP contribution in [0.25, 0.3) is 0 Å². The minimum absolute atomic E-state index is 0.295. The highest BCUT2D eigenvalue weighted by Gasteiger charge is 2.55. The van der Waals surface area contributed by atoms with Crippen molar-refractivity contribution in [3.8, 4) is 12.1 Å². The van der Waals surface area contributed by atoms with E-state index in [1.165, 1.54) is 0 Å². The summed E-state index contributed by atoms with van der Waals surface area (Å²) in [4.78, 5) is 12.2. The molecule has 1 N–H and O–H groups in total. The zero-order valence-electron chi connectivity index (χ0n) is 10.3. The van der Waals surface area contributed by atoms with Gasteiger partial charge in [-0.1, -0.05) is 32.0 Å². The summed E-state index contributed by atoms with van der Waals surface area (Å²) in [7, 11) is 0. The largest absolute Gasteiger partial charge is 0.318 e. The summed E-state index contributed by atoms with van der Waals surface area (Å²) in [5, 5.41) is 21.1. The van der Waals surface area contributed by atoms with E-state index < -0.39 is 17.3 Å². The number of hydrogen-bond acceptors (Lipinski definition) is 4. The summed E-state index contributed by atoms with van der Waals surface area (Å²) in [5.41, 5.74) is -0.560. The van der Waals surface area contributed by atoms with Crippen LogP contribution in [0.5, 0.6) is 0 Å². The molecule has 4 nitrogen and oxygen atoms in total. The molecule has 2 aliphatic rings. The van der Waals surface area contributed by atoms with E-state index in [0.29, 0.717) is 10.9 Å². The first-order chi connectivity index (χ1) is 8.55. The Morgan fingerprint density at radius 3 is 2.33 bits per heavy atom. The highest BCUT2D eigenvalue weighted by atomic mass is 32.1. The minimum atomic E-state index is -0.749. The van der Waals surface area contributed by atoms with E-state index in [-0.39, 0.29) is 5.91 Å². The van der Waals surface area contributed by atoms with E-state index in [4.69, 9.17) is 12.2 Å². The molecule has 1 saturated heterocycles. The molecule has 94 valence electrons. The van der Waals surface area contributed by atoms with Crippen LogP contribution in [-0.2, 0) is 4.79 Å². The van der Waals surface area contributed by atoms with Gasteiger partial charge in [0.15, 0.2) is 0 Å². The van der Waals surface area contributed by atoms with Crippen LogP contribution in [0.15, 0.2) is 0 Å². The molecule has 1 aliphatic heterocycles. The van der Waals surface area contributed by atoms with Crippen LogP contribution >= 0.6 is 12.2 Å². The topological polar surface area (TPSA) is 76.7 Å². The first-order valence-corrected chi connectivity index (χ1v) is 6.60. The maximum Gasteiger partial charge on any atom is 0.242 e. The zero-order chi connectivity index (χ0) is 13.3. The summed E-state index contributed by atoms with van der Waals surface area (Å²) in [6.07, 6.45) is 3.37. The number of carbonyl (C=O) groups excluding carboxylic acids is 1. The Labute approximate surface area is 112 Å². The van der Waals surface area contributed by atoms with Gasteiger partial charge in [-0.05, 0) is 18.8 Å². The fourth-order valence-corrected chi connectivity index (χ4v) is 3.59. The first-order valence-electron chi connectivity index (χ1n) is 6.19. The lowest BCUT2D eigenvalue weighted by atomic mass is 9.56. The second kappa shape index (κ2) is 4.66. The highest BCUT2D eigenvalue weighted by molar-refractivity contribution is 7.80. The van der Waals surface area contributed by atoms with Gasteiger partial charge in [0.05, 0.1) is 17.1 Å². The number of nitrogens with one attached hydrogen (secondary N) is 1. The Balaban J connectivity index is 2.43. The summed E-state index contributed by atoms with van der Waals surface area (Å²) in [5.74, 6) is -1.000. The monoisotopic (exact) mass is 261 g/mol. The molecule has 0 aromatic heterocycles. The summed E-state index contributed by atoms with van der Waals surface area (Å²) in [6, 6.07) is 4.30. The Kier molecular flexibility index (Phi) is 3.36. The third-order valence-electron chi connectivity index (χ3n) is 4.38. The minimum Gasteiger partial charge on any atom is -0.318 e. The quantitative estimate of drug-likeness (QED) is 0.676. The van der Waals surface area contributed by atoms with Crippen LogP contribution in [-0.4, -0.2) is 10.9 Å². The maximum absolute atomic E-state index is 11.9. The second-order valence-corrected chi connectivity index (χ2v) is 5.83. The van der Waals surface area contributed by atoms with Crippen molar-refractivity contribution in [2.75, 3.05) is 0 Å². The zero-order valence-corrected chi connectivity index (χ0v) is 11.1. The van der Waals surface area contributed by atoms with Crippen molar-refractivity contribution in [3.63, 3.8) is 0 Å². The number of thiocarbonyl (C=S) groups is 1. The molecule has 0 bridgehead atoms. The van der Waals surface area contributed by atoms with Gasteiger partial charge >= 0.3 is 0 Å². The molecule has 0 aromatic rings. The maximum atomic E-state index is 11.9. The predicted molar refractivity (Wildman–Crippen MR) is 69.0 cm³/mol. The molecule has 0 aromatic carbocycles. The Hall–Kier alpha value is -1.46. The van der Waals surface area contributed by atoms with E-state index in [1.54, 1.807) is 0 Å². The van der Waals surface area contributed by atoms with E-state index >= 15 is 0 Å². The molecule has 1 aliphatic carbocycles. The van der Waals surface area contributed by atoms with Crippen molar-refractivity contribution < 1.29 is 4.79 Å². The van der Waals surface area contributed by atoms with Crippen molar-refractivity contribution in [2.24, 2.45) is 23.2 Å². The van der Waals surface area contributed by atoms with Gasteiger partial charge < -0.3 is 5.32 Å². The highest BCUT2D eigenvalue weighted by Crippen LogP contribution is 2.51. The normalized spacial score (nSPS) is 39.8. The third kappa shape index (κ3) is 1.79. The van der Waals surface area contributed by atoms with Crippen molar-refractivity contribution in [1.29, 1.82) is 10.5 Å². The lowest BCUT2D eigenvalue weighted by molar-refractivity contribution is -0.128. The molecular weight excluding hydrogens is 246 g/mol. The molecular formula is C13H15N3OS. The third-order valence-corrected chi connectivity index (χ3v) is 4.72. The van der Waals surface area contributed by atoms with Crippen molar-refractivity contribution >= 4 is 23.1 Å². The number of hydrogen-bond donors (Lipinski definition) is 1. The van der Waals surface area contributed by atoms with E-state index in [0.717, 1.165) is 25.7 Å². The number of rotatable bonds is 0. The molecule has 2 atom stereocenters. The predicted octanol–water partition coefficient (Wildman–Crippen LogP) is 1.92. The van der Waals surface area contributed by atoms with Crippen molar-refractivity contribution in [2.45, 2.75) is 32.6 Å². The fraction of sp³-hybridized carbons (Fsp3) is 0.692. The molecule has 2 rings (SSSR count). The Bertz CT molecular complexity index is 432. The number of piperidine rings is 1. The molecule has 1 heterocycles. The number of amides is 1. The van der Waals surface area contributed by atoms with Gasteiger partial charge in [-0.25, -0.2) is 0 Å². The number of carbonyl (C=O) groups is 1. The second-order valence-electron chi connectivity index (χ2n) is 5.39. The smallest absolute Gasteiger partial charge is 0.242 e. The van der Waals surface area contributed by atoms with Crippen LogP contribution in [0.4, 0.5) is 0 Å². The lowest BCUT2D eigenvalue weighted by Gasteiger charge is -2.47. The van der Waals surface area contributed by atoms with Gasteiger partial charge in [0, 0.05) is 5.41 Å². The van der Waals surface area contributed by atoms with E-state index in [2.05, 4.69) is 24.4 Å². The molecule has 1 saturated carbocycles. The van der Waals surface area contributed by atoms with Gasteiger partial charge in [0.2, 0.25) is 5.91 Å². The number of nitrogens with zero attached hydrogens (tertiary/aromatic N) is 2. The van der Waals surface area contributed by atoms with Crippen LogP contribution in [0, 0.1) is 45.8 Å². The molecule has 1 spiro atoms. The average molecular weight is 261 g/mol. The van der Waals surface area contributed by atoms with Crippen LogP contribution in [0.1, 0.15) is 32.6 Å². The number of nitriles is 2.